The van der Waals surface area contributed by atoms with Crippen LogP contribution >= 0.6 is 0 Å². The number of hydrogen-bond donors (Lipinski definition) is 3. The van der Waals surface area contributed by atoms with Crippen molar-refractivity contribution in [2.24, 2.45) is 11.8 Å². The molecule has 2 saturated carbocycles. The maximum Gasteiger partial charge on any atom is 0.326 e. The van der Waals surface area contributed by atoms with Crippen LogP contribution < -0.4 is 10.6 Å². The van der Waals surface area contributed by atoms with Gasteiger partial charge in [-0.1, -0.05) is 0 Å². The molecule has 19 heavy (non-hydrogen) atoms. The standard InChI is InChI=1S/C13H22N2O4/c1-19-7-6-10(12(16)17)14-13(18)15-11(8-2-3-8)9-4-5-9/h8-11H,2-7H2,1H3,(H,16,17)(H2,14,15,18). The number of methoxy groups -OCH3 is 1. The van der Waals surface area contributed by atoms with E-state index < -0.39 is 12.0 Å². The van der Waals surface area contributed by atoms with Crippen molar-refractivity contribution in [1.82, 2.24) is 10.6 Å². The lowest BCUT2D eigenvalue weighted by Crippen LogP contribution is -2.50. The highest BCUT2D eigenvalue weighted by Gasteiger charge is 2.42. The lowest BCUT2D eigenvalue weighted by Gasteiger charge is -2.20. The van der Waals surface area contributed by atoms with Crippen molar-refractivity contribution in [3.05, 3.63) is 0 Å². The Morgan fingerprint density at radius 3 is 2.21 bits per heavy atom. The van der Waals surface area contributed by atoms with Crippen LogP contribution in [0, 0.1) is 11.8 Å². The van der Waals surface area contributed by atoms with Gasteiger partial charge in [0.15, 0.2) is 0 Å². The summed E-state index contributed by atoms with van der Waals surface area (Å²) < 4.78 is 4.85. The van der Waals surface area contributed by atoms with Gasteiger partial charge in [-0.05, 0) is 37.5 Å². The van der Waals surface area contributed by atoms with Gasteiger partial charge in [-0.25, -0.2) is 9.59 Å². The predicted octanol–water partition coefficient (Wildman–Crippen LogP) is 0.964. The fraction of sp³-hybridized carbons (Fsp3) is 0.846. The van der Waals surface area contributed by atoms with Crippen molar-refractivity contribution in [2.45, 2.75) is 44.2 Å². The molecule has 2 rings (SSSR count). The summed E-state index contributed by atoms with van der Waals surface area (Å²) in [6.07, 6.45) is 4.97. The van der Waals surface area contributed by atoms with Crippen LogP contribution in [0.5, 0.6) is 0 Å². The monoisotopic (exact) mass is 270 g/mol. The van der Waals surface area contributed by atoms with Crippen LogP contribution in [-0.4, -0.2) is 42.9 Å². The first-order valence-corrected chi connectivity index (χ1v) is 6.90. The maximum atomic E-state index is 11.9. The number of carboxylic acids is 1. The molecule has 6 nitrogen and oxygen atoms in total. The van der Waals surface area contributed by atoms with E-state index in [2.05, 4.69) is 10.6 Å². The van der Waals surface area contributed by atoms with E-state index in [4.69, 9.17) is 9.84 Å². The molecule has 0 aliphatic heterocycles. The van der Waals surface area contributed by atoms with Crippen LogP contribution in [0.2, 0.25) is 0 Å². The van der Waals surface area contributed by atoms with Gasteiger partial charge in [0.05, 0.1) is 0 Å². The Kier molecular flexibility index (Phi) is 4.63. The Labute approximate surface area is 112 Å². The quantitative estimate of drug-likeness (QED) is 0.613. The first-order valence-electron chi connectivity index (χ1n) is 6.90. The average Bonchev–Trinajstić information content (AvgIpc) is 3.24. The van der Waals surface area contributed by atoms with Crippen LogP contribution in [-0.2, 0) is 9.53 Å². The van der Waals surface area contributed by atoms with Gasteiger partial charge in [-0.3, -0.25) is 0 Å². The minimum Gasteiger partial charge on any atom is -0.480 e. The molecule has 0 aromatic carbocycles. The Morgan fingerprint density at radius 2 is 1.79 bits per heavy atom. The molecule has 2 amide bonds. The highest BCUT2D eigenvalue weighted by atomic mass is 16.5. The molecule has 0 spiro atoms. The molecule has 1 atom stereocenters. The lowest BCUT2D eigenvalue weighted by atomic mass is 10.1. The van der Waals surface area contributed by atoms with Gasteiger partial charge in [0.2, 0.25) is 0 Å². The highest BCUT2D eigenvalue weighted by molar-refractivity contribution is 5.82. The van der Waals surface area contributed by atoms with E-state index in [1.807, 2.05) is 0 Å². The summed E-state index contributed by atoms with van der Waals surface area (Å²) in [5.74, 6) is 0.169. The summed E-state index contributed by atoms with van der Waals surface area (Å²) in [7, 11) is 1.51. The molecule has 0 heterocycles. The molecule has 0 bridgehead atoms. The van der Waals surface area contributed by atoms with Crippen molar-refractivity contribution in [3.63, 3.8) is 0 Å². The summed E-state index contributed by atoms with van der Waals surface area (Å²) in [6.45, 7) is 0.311. The van der Waals surface area contributed by atoms with Crippen LogP contribution in [0.25, 0.3) is 0 Å². The number of carboxylic acid groups (broad SMARTS) is 1. The summed E-state index contributed by atoms with van der Waals surface area (Å²) in [5, 5.41) is 14.5. The maximum absolute atomic E-state index is 11.9. The summed E-state index contributed by atoms with van der Waals surface area (Å²) in [6, 6.07) is -1.02. The Bertz CT molecular complexity index is 328. The minimum atomic E-state index is -1.03. The number of carbonyl (C=O) groups is 2. The molecule has 0 saturated heterocycles. The second kappa shape index (κ2) is 6.23. The number of ether oxygens (including phenoxy) is 1. The van der Waals surface area contributed by atoms with Gasteiger partial charge < -0.3 is 20.5 Å². The van der Waals surface area contributed by atoms with E-state index in [1.54, 1.807) is 0 Å². The van der Waals surface area contributed by atoms with E-state index in [9.17, 15) is 9.59 Å². The molecule has 0 radical (unpaired) electrons. The van der Waals surface area contributed by atoms with Crippen molar-refractivity contribution in [1.29, 1.82) is 0 Å². The van der Waals surface area contributed by atoms with E-state index in [0.717, 1.165) is 0 Å². The molecule has 0 aromatic rings. The Balaban J connectivity index is 1.78. The normalized spacial score (nSPS) is 20.1. The zero-order valence-corrected chi connectivity index (χ0v) is 11.2. The number of amides is 2. The summed E-state index contributed by atoms with van der Waals surface area (Å²) >= 11 is 0. The van der Waals surface area contributed by atoms with Crippen molar-refractivity contribution in [2.75, 3.05) is 13.7 Å². The van der Waals surface area contributed by atoms with Crippen molar-refractivity contribution in [3.8, 4) is 0 Å². The second-order valence-electron chi connectivity index (χ2n) is 5.49. The molecular formula is C13H22N2O4. The van der Waals surface area contributed by atoms with Gasteiger partial charge >= 0.3 is 12.0 Å². The second-order valence-corrected chi connectivity index (χ2v) is 5.49. The highest BCUT2D eigenvalue weighted by Crippen LogP contribution is 2.44. The molecule has 6 heteroatoms. The first-order chi connectivity index (χ1) is 9.11. The number of nitrogens with one attached hydrogen (secondary N) is 2. The van der Waals surface area contributed by atoms with E-state index >= 15 is 0 Å². The summed E-state index contributed by atoms with van der Waals surface area (Å²) in [5.41, 5.74) is 0. The summed E-state index contributed by atoms with van der Waals surface area (Å²) in [4.78, 5) is 22.9. The van der Waals surface area contributed by atoms with Crippen LogP contribution in [0.15, 0.2) is 0 Å². The van der Waals surface area contributed by atoms with E-state index in [1.165, 1.54) is 32.8 Å². The molecule has 2 aliphatic rings. The van der Waals surface area contributed by atoms with E-state index in [-0.39, 0.29) is 18.5 Å². The first kappa shape index (κ1) is 14.1. The Hall–Kier alpha value is -1.30. The molecule has 1 unspecified atom stereocenters. The third kappa shape index (κ3) is 4.38. The van der Waals surface area contributed by atoms with Crippen LogP contribution in [0.1, 0.15) is 32.1 Å². The zero-order valence-electron chi connectivity index (χ0n) is 11.2. The number of aliphatic carboxylic acids is 1. The van der Waals surface area contributed by atoms with Gasteiger partial charge in [0, 0.05) is 26.2 Å². The van der Waals surface area contributed by atoms with Gasteiger partial charge in [-0.2, -0.15) is 0 Å². The number of urea groups is 1. The Morgan fingerprint density at radius 1 is 1.21 bits per heavy atom. The lowest BCUT2D eigenvalue weighted by molar-refractivity contribution is -0.139. The SMILES string of the molecule is COCCC(NC(=O)NC(C1CC1)C1CC1)C(=O)O. The van der Waals surface area contributed by atoms with Crippen molar-refractivity contribution >= 4 is 12.0 Å². The topological polar surface area (TPSA) is 87.7 Å². The smallest absolute Gasteiger partial charge is 0.326 e. The number of carbonyl (C=O) groups excluding carboxylic acids is 1. The predicted molar refractivity (Wildman–Crippen MR) is 68.8 cm³/mol. The molecule has 2 fully saturated rings. The molecular weight excluding hydrogens is 248 g/mol. The average molecular weight is 270 g/mol. The molecule has 108 valence electrons. The number of rotatable bonds is 8. The van der Waals surface area contributed by atoms with Crippen LogP contribution in [0.4, 0.5) is 4.79 Å². The third-order valence-electron chi connectivity index (χ3n) is 3.77. The number of hydrogen-bond acceptors (Lipinski definition) is 3. The fourth-order valence-electron chi connectivity index (χ4n) is 2.38. The zero-order chi connectivity index (χ0) is 13.8. The van der Waals surface area contributed by atoms with E-state index in [0.29, 0.717) is 18.4 Å². The van der Waals surface area contributed by atoms with Crippen LogP contribution in [0.3, 0.4) is 0 Å². The fourth-order valence-corrected chi connectivity index (χ4v) is 2.38. The van der Waals surface area contributed by atoms with Gasteiger partial charge in [0.25, 0.3) is 0 Å². The minimum absolute atomic E-state index is 0.233. The largest absolute Gasteiger partial charge is 0.480 e. The van der Waals surface area contributed by atoms with Crippen molar-refractivity contribution < 1.29 is 19.4 Å². The molecule has 3 N–H and O–H groups in total. The molecule has 0 aromatic heterocycles. The van der Waals surface area contributed by atoms with Gasteiger partial charge in [-0.15, -0.1) is 0 Å². The molecule has 2 aliphatic carbocycles. The van der Waals surface area contributed by atoms with Gasteiger partial charge in [0.1, 0.15) is 6.04 Å². The third-order valence-corrected chi connectivity index (χ3v) is 3.77.